The molecule has 8 nitrogen and oxygen atoms in total. The molecule has 1 unspecified atom stereocenters. The second-order valence-electron chi connectivity index (χ2n) is 6.04. The van der Waals surface area contributed by atoms with Crippen LogP contribution in [0.25, 0.3) is 0 Å². The Labute approximate surface area is 157 Å². The van der Waals surface area contributed by atoms with Gasteiger partial charge in [-0.3, -0.25) is 5.10 Å². The quantitative estimate of drug-likeness (QED) is 0.769. The van der Waals surface area contributed by atoms with Crippen LogP contribution >= 0.6 is 0 Å². The summed E-state index contributed by atoms with van der Waals surface area (Å²) in [6.45, 7) is 2.93. The minimum atomic E-state index is -0.447. The molecule has 3 N–H and O–H groups in total. The molecule has 0 bridgehead atoms. The van der Waals surface area contributed by atoms with Crippen LogP contribution in [-0.4, -0.2) is 31.0 Å². The molecule has 3 rings (SSSR count). The van der Waals surface area contributed by atoms with Crippen molar-refractivity contribution in [3.8, 4) is 23.4 Å². The van der Waals surface area contributed by atoms with Crippen molar-refractivity contribution in [3.05, 3.63) is 46.5 Å². The van der Waals surface area contributed by atoms with E-state index < -0.39 is 5.92 Å². The molecule has 0 aliphatic carbocycles. The highest BCUT2D eigenvalue weighted by atomic mass is 16.5. The summed E-state index contributed by atoms with van der Waals surface area (Å²) in [6.07, 6.45) is 0.890. The van der Waals surface area contributed by atoms with Crippen molar-refractivity contribution in [2.24, 2.45) is 5.73 Å². The molecule has 1 aliphatic rings. The normalized spacial score (nSPS) is 15.7. The van der Waals surface area contributed by atoms with Gasteiger partial charge >= 0.3 is 0 Å². The number of nitrogens with one attached hydrogen (secondary N) is 1. The Hall–Kier alpha value is -3.18. The number of fused-ring (bicyclic) bond motifs is 1. The number of hydrogen-bond acceptors (Lipinski definition) is 7. The molecule has 0 amide bonds. The van der Waals surface area contributed by atoms with Gasteiger partial charge in [-0.05, 0) is 24.1 Å². The number of H-pyrrole nitrogens is 1. The summed E-state index contributed by atoms with van der Waals surface area (Å²) in [6, 6.07) is 7.73. The predicted octanol–water partition coefficient (Wildman–Crippen LogP) is 2.57. The summed E-state index contributed by atoms with van der Waals surface area (Å²) in [5.41, 5.74) is 8.56. The Morgan fingerprint density at radius 1 is 1.33 bits per heavy atom. The molecule has 1 aromatic carbocycles. The monoisotopic (exact) mass is 370 g/mol. The van der Waals surface area contributed by atoms with Gasteiger partial charge in [-0.15, -0.1) is 5.10 Å². The van der Waals surface area contributed by atoms with E-state index in [0.29, 0.717) is 36.2 Å². The summed E-state index contributed by atoms with van der Waals surface area (Å²) in [7, 11) is 3.17. The van der Waals surface area contributed by atoms with Crippen LogP contribution in [0.1, 0.15) is 36.1 Å². The largest absolute Gasteiger partial charge is 0.493 e. The molecule has 8 heteroatoms. The summed E-state index contributed by atoms with van der Waals surface area (Å²) >= 11 is 0. The Morgan fingerprint density at radius 3 is 2.81 bits per heavy atom. The third-order valence-corrected chi connectivity index (χ3v) is 4.29. The van der Waals surface area contributed by atoms with E-state index in [0.717, 1.165) is 23.2 Å². The molecular formula is C19H22N4O4. The third-order valence-electron chi connectivity index (χ3n) is 4.29. The summed E-state index contributed by atoms with van der Waals surface area (Å²) in [5, 5.41) is 16.8. The van der Waals surface area contributed by atoms with Crippen molar-refractivity contribution in [2.45, 2.75) is 25.9 Å². The smallest absolute Gasteiger partial charge is 0.244 e. The zero-order valence-electron chi connectivity index (χ0n) is 15.5. The maximum atomic E-state index is 9.69. The van der Waals surface area contributed by atoms with Gasteiger partial charge in [-0.1, -0.05) is 13.0 Å². The number of nitriles is 1. The van der Waals surface area contributed by atoms with E-state index in [1.165, 1.54) is 0 Å². The average Bonchev–Trinajstić information content (AvgIpc) is 3.07. The Bertz CT molecular complexity index is 898. The number of nitrogens with zero attached hydrogens (tertiary/aromatic N) is 2. The van der Waals surface area contributed by atoms with Crippen molar-refractivity contribution in [2.75, 3.05) is 20.8 Å². The van der Waals surface area contributed by atoms with Crippen LogP contribution in [-0.2, 0) is 11.3 Å². The highest BCUT2D eigenvalue weighted by Gasteiger charge is 2.35. The third kappa shape index (κ3) is 3.41. The van der Waals surface area contributed by atoms with E-state index in [4.69, 9.17) is 24.7 Å². The van der Waals surface area contributed by atoms with Crippen molar-refractivity contribution < 1.29 is 18.9 Å². The number of benzene rings is 1. The first kappa shape index (κ1) is 18.6. The fraction of sp³-hybridized carbons (Fsp3) is 0.368. The van der Waals surface area contributed by atoms with Crippen molar-refractivity contribution in [3.63, 3.8) is 0 Å². The zero-order chi connectivity index (χ0) is 19.4. The molecular weight excluding hydrogens is 348 g/mol. The van der Waals surface area contributed by atoms with E-state index >= 15 is 0 Å². The van der Waals surface area contributed by atoms with Gasteiger partial charge in [0.05, 0.1) is 37.5 Å². The number of ether oxygens (including phenoxy) is 4. The Kier molecular flexibility index (Phi) is 5.52. The lowest BCUT2D eigenvalue weighted by molar-refractivity contribution is 0.180. The molecule has 142 valence electrons. The van der Waals surface area contributed by atoms with Crippen LogP contribution < -0.4 is 19.9 Å². The number of nitrogens with two attached hydrogens (primary N) is 1. The van der Waals surface area contributed by atoms with E-state index in [1.807, 2.05) is 25.1 Å². The molecule has 0 fully saturated rings. The van der Waals surface area contributed by atoms with Crippen LogP contribution in [0.2, 0.25) is 0 Å². The predicted molar refractivity (Wildman–Crippen MR) is 97.4 cm³/mol. The summed E-state index contributed by atoms with van der Waals surface area (Å²) < 4.78 is 22.0. The first-order chi connectivity index (χ1) is 13.1. The van der Waals surface area contributed by atoms with Gasteiger partial charge in [0.25, 0.3) is 0 Å². The van der Waals surface area contributed by atoms with Crippen molar-refractivity contribution >= 4 is 0 Å². The maximum absolute atomic E-state index is 9.69. The molecule has 0 spiro atoms. The first-order valence-electron chi connectivity index (χ1n) is 8.58. The molecule has 1 aliphatic heterocycles. The Balaban J connectivity index is 2.11. The van der Waals surface area contributed by atoms with E-state index in [9.17, 15) is 5.26 Å². The van der Waals surface area contributed by atoms with E-state index in [-0.39, 0.29) is 5.88 Å². The zero-order valence-corrected chi connectivity index (χ0v) is 15.5. The minimum absolute atomic E-state index is 0.0377. The SMILES string of the molecule is CCCOc1ccc(C2C(C#N)=C(N)Oc3n[nH]c(COC)c32)cc1OC. The number of aromatic amines is 1. The summed E-state index contributed by atoms with van der Waals surface area (Å²) in [5.74, 6) is 1.16. The number of hydrogen-bond donors (Lipinski definition) is 2. The van der Waals surface area contributed by atoms with E-state index in [1.54, 1.807) is 14.2 Å². The topological polar surface area (TPSA) is 115 Å². The second-order valence-corrected chi connectivity index (χ2v) is 6.04. The van der Waals surface area contributed by atoms with Crippen LogP contribution in [0.4, 0.5) is 0 Å². The Morgan fingerprint density at radius 2 is 2.15 bits per heavy atom. The molecule has 27 heavy (non-hydrogen) atoms. The van der Waals surface area contributed by atoms with Gasteiger partial charge in [0.15, 0.2) is 11.5 Å². The molecule has 1 atom stereocenters. The van der Waals surface area contributed by atoms with Gasteiger partial charge in [-0.2, -0.15) is 5.26 Å². The lowest BCUT2D eigenvalue weighted by atomic mass is 9.84. The van der Waals surface area contributed by atoms with Gasteiger partial charge in [-0.25, -0.2) is 0 Å². The van der Waals surface area contributed by atoms with Crippen LogP contribution in [0.15, 0.2) is 29.7 Å². The average molecular weight is 370 g/mol. The van der Waals surface area contributed by atoms with Crippen molar-refractivity contribution in [1.82, 2.24) is 10.2 Å². The first-order valence-corrected chi connectivity index (χ1v) is 8.58. The highest BCUT2D eigenvalue weighted by molar-refractivity contribution is 5.57. The number of rotatable bonds is 7. The molecule has 0 saturated carbocycles. The highest BCUT2D eigenvalue weighted by Crippen LogP contribution is 2.44. The van der Waals surface area contributed by atoms with Crippen LogP contribution in [0.5, 0.6) is 17.4 Å². The van der Waals surface area contributed by atoms with Crippen LogP contribution in [0, 0.1) is 11.3 Å². The molecule has 2 aromatic rings. The number of methoxy groups -OCH3 is 2. The van der Waals surface area contributed by atoms with Crippen molar-refractivity contribution in [1.29, 1.82) is 5.26 Å². The minimum Gasteiger partial charge on any atom is -0.493 e. The van der Waals surface area contributed by atoms with Crippen LogP contribution in [0.3, 0.4) is 0 Å². The maximum Gasteiger partial charge on any atom is 0.244 e. The van der Waals surface area contributed by atoms with E-state index in [2.05, 4.69) is 16.3 Å². The summed E-state index contributed by atoms with van der Waals surface area (Å²) in [4.78, 5) is 0. The van der Waals surface area contributed by atoms with Gasteiger partial charge in [0, 0.05) is 7.11 Å². The van der Waals surface area contributed by atoms with Gasteiger partial charge < -0.3 is 24.7 Å². The molecule has 0 radical (unpaired) electrons. The molecule has 2 heterocycles. The second kappa shape index (κ2) is 8.01. The van der Waals surface area contributed by atoms with Gasteiger partial charge in [0.2, 0.25) is 11.8 Å². The number of allylic oxidation sites excluding steroid dienone is 1. The molecule has 0 saturated heterocycles. The standard InChI is InChI=1S/C19H22N4O4/c1-4-7-26-14-6-5-11(8-15(14)25-3)16-12(9-20)18(21)27-19-17(16)13(10-24-2)22-23-19/h5-6,8,16H,4,7,10,21H2,1-3H3,(H,22,23). The number of aromatic nitrogens is 2. The molecule has 1 aromatic heterocycles. The fourth-order valence-corrected chi connectivity index (χ4v) is 3.09. The van der Waals surface area contributed by atoms with Gasteiger partial charge in [0.1, 0.15) is 11.6 Å². The lowest BCUT2D eigenvalue weighted by Crippen LogP contribution is -2.21. The lowest BCUT2D eigenvalue weighted by Gasteiger charge is -2.24. The fourth-order valence-electron chi connectivity index (χ4n) is 3.09.